The number of unbranched alkanes of at least 4 members (excludes halogenated alkanes) is 7. The Morgan fingerprint density at radius 2 is 1.43 bits per heavy atom. The van der Waals surface area contributed by atoms with E-state index < -0.39 is 0 Å². The van der Waals surface area contributed by atoms with Crippen LogP contribution in [0.15, 0.2) is 54.6 Å². The number of aromatic hydroxyl groups is 1. The van der Waals surface area contributed by atoms with Crippen LogP contribution in [-0.2, 0) is 6.42 Å². The van der Waals surface area contributed by atoms with E-state index >= 15 is 0 Å². The van der Waals surface area contributed by atoms with Crippen LogP contribution >= 0.6 is 0 Å². The van der Waals surface area contributed by atoms with Crippen LogP contribution < -0.4 is 0 Å². The van der Waals surface area contributed by atoms with Crippen LogP contribution in [0, 0.1) is 0 Å². The van der Waals surface area contributed by atoms with E-state index in [1.54, 1.807) is 6.07 Å². The second-order valence-electron chi connectivity index (χ2n) is 7.52. The zero-order valence-electron chi connectivity index (χ0n) is 17.0. The molecule has 1 aromatic heterocycles. The van der Waals surface area contributed by atoms with Crippen molar-refractivity contribution in [2.24, 2.45) is 0 Å². The predicted octanol–water partition coefficient (Wildman–Crippen LogP) is 7.13. The summed E-state index contributed by atoms with van der Waals surface area (Å²) in [5.41, 5.74) is 4.04. The Labute approximate surface area is 168 Å². The van der Waals surface area contributed by atoms with Gasteiger partial charge in [-0.25, -0.2) is 4.98 Å². The van der Waals surface area contributed by atoms with Crippen molar-refractivity contribution >= 4 is 0 Å². The Hall–Kier alpha value is -2.55. The standard InChI is InChI=1S/C25H32N2O/c1-2-3-4-5-6-7-8-12-18-22-24(20-15-10-9-11-16-20)27-25(26-22)21-17-13-14-19-23(21)28/h9-11,13-17,19,28H,2-8,12,18H2,1H3,(H,26,27). The maximum Gasteiger partial charge on any atom is 0.142 e. The first-order valence-corrected chi connectivity index (χ1v) is 10.7. The van der Waals surface area contributed by atoms with Gasteiger partial charge in [0.15, 0.2) is 0 Å². The van der Waals surface area contributed by atoms with Gasteiger partial charge in [0.25, 0.3) is 0 Å². The summed E-state index contributed by atoms with van der Waals surface area (Å²) in [4.78, 5) is 8.33. The highest BCUT2D eigenvalue weighted by Crippen LogP contribution is 2.31. The van der Waals surface area contributed by atoms with Gasteiger partial charge in [-0.2, -0.15) is 0 Å². The number of aryl methyl sites for hydroxylation is 1. The molecule has 0 amide bonds. The maximum absolute atomic E-state index is 10.2. The molecule has 0 aliphatic rings. The zero-order valence-corrected chi connectivity index (χ0v) is 17.0. The van der Waals surface area contributed by atoms with Gasteiger partial charge in [0.05, 0.1) is 11.3 Å². The van der Waals surface area contributed by atoms with Gasteiger partial charge in [-0.1, -0.05) is 94.3 Å². The fourth-order valence-corrected chi connectivity index (χ4v) is 3.66. The Balaban J connectivity index is 1.68. The van der Waals surface area contributed by atoms with Crippen LogP contribution in [0.1, 0.15) is 64.0 Å². The largest absolute Gasteiger partial charge is 0.507 e. The molecule has 1 heterocycles. The molecule has 0 saturated heterocycles. The van der Waals surface area contributed by atoms with E-state index in [-0.39, 0.29) is 5.75 Å². The molecule has 0 radical (unpaired) electrons. The van der Waals surface area contributed by atoms with Crippen molar-refractivity contribution in [2.75, 3.05) is 0 Å². The van der Waals surface area contributed by atoms with Gasteiger partial charge in [0.2, 0.25) is 0 Å². The first-order chi connectivity index (χ1) is 13.8. The van der Waals surface area contributed by atoms with Crippen LogP contribution in [-0.4, -0.2) is 15.1 Å². The molecule has 3 nitrogen and oxygen atoms in total. The topological polar surface area (TPSA) is 48.9 Å². The van der Waals surface area contributed by atoms with Crippen molar-refractivity contribution in [2.45, 2.75) is 64.7 Å². The highest BCUT2D eigenvalue weighted by atomic mass is 16.3. The first-order valence-electron chi connectivity index (χ1n) is 10.7. The SMILES string of the molecule is CCCCCCCCCCc1[nH]c(-c2ccccc2O)nc1-c1ccccc1. The number of nitrogens with zero attached hydrogens (tertiary/aromatic N) is 1. The number of hydrogen-bond acceptors (Lipinski definition) is 2. The summed E-state index contributed by atoms with van der Waals surface area (Å²) in [5, 5.41) is 10.2. The molecule has 0 aliphatic heterocycles. The lowest BCUT2D eigenvalue weighted by molar-refractivity contribution is 0.477. The third-order valence-corrected chi connectivity index (χ3v) is 5.27. The molecule has 28 heavy (non-hydrogen) atoms. The number of imidazole rings is 1. The summed E-state index contributed by atoms with van der Waals surface area (Å²) in [6.45, 7) is 2.26. The van der Waals surface area contributed by atoms with Crippen molar-refractivity contribution in [3.8, 4) is 28.4 Å². The number of aromatic amines is 1. The third-order valence-electron chi connectivity index (χ3n) is 5.27. The number of phenolic OH excluding ortho intramolecular Hbond substituents is 1. The van der Waals surface area contributed by atoms with Crippen molar-refractivity contribution < 1.29 is 5.11 Å². The lowest BCUT2D eigenvalue weighted by atomic mass is 10.0. The molecule has 0 bridgehead atoms. The summed E-state index contributed by atoms with van der Waals surface area (Å²) in [7, 11) is 0. The lowest BCUT2D eigenvalue weighted by Gasteiger charge is -2.04. The molecular formula is C25H32N2O. The summed E-state index contributed by atoms with van der Waals surface area (Å²) in [6, 6.07) is 17.7. The molecule has 0 aliphatic carbocycles. The van der Waals surface area contributed by atoms with Crippen molar-refractivity contribution in [3.05, 3.63) is 60.3 Å². The maximum atomic E-state index is 10.2. The second kappa shape index (κ2) is 10.7. The number of para-hydroxylation sites is 1. The number of hydrogen-bond donors (Lipinski definition) is 2. The minimum Gasteiger partial charge on any atom is -0.507 e. The molecule has 2 N–H and O–H groups in total. The van der Waals surface area contributed by atoms with Crippen LogP contribution in [0.4, 0.5) is 0 Å². The van der Waals surface area contributed by atoms with E-state index in [0.717, 1.165) is 41.2 Å². The van der Waals surface area contributed by atoms with Crippen LogP contribution in [0.5, 0.6) is 5.75 Å². The van der Waals surface area contributed by atoms with E-state index in [4.69, 9.17) is 4.98 Å². The molecule has 3 rings (SSSR count). The number of rotatable bonds is 11. The van der Waals surface area contributed by atoms with Crippen molar-refractivity contribution in [1.82, 2.24) is 9.97 Å². The molecule has 0 atom stereocenters. The highest BCUT2D eigenvalue weighted by Gasteiger charge is 2.15. The highest BCUT2D eigenvalue weighted by molar-refractivity contribution is 5.70. The molecule has 0 saturated carbocycles. The Morgan fingerprint density at radius 3 is 2.14 bits per heavy atom. The van der Waals surface area contributed by atoms with Crippen molar-refractivity contribution in [3.63, 3.8) is 0 Å². The van der Waals surface area contributed by atoms with E-state index in [1.165, 1.54) is 44.9 Å². The summed E-state index contributed by atoms with van der Waals surface area (Å²) >= 11 is 0. The fourth-order valence-electron chi connectivity index (χ4n) is 3.66. The van der Waals surface area contributed by atoms with Gasteiger partial charge in [-0.15, -0.1) is 0 Å². The number of phenols is 1. The number of aromatic nitrogens is 2. The summed E-state index contributed by atoms with van der Waals surface area (Å²) < 4.78 is 0. The molecule has 148 valence electrons. The lowest BCUT2D eigenvalue weighted by Crippen LogP contribution is -1.90. The molecule has 3 heteroatoms. The third kappa shape index (κ3) is 5.48. The van der Waals surface area contributed by atoms with Gasteiger partial charge in [-0.05, 0) is 25.0 Å². The molecule has 2 aromatic carbocycles. The van der Waals surface area contributed by atoms with E-state index in [1.807, 2.05) is 36.4 Å². The smallest absolute Gasteiger partial charge is 0.142 e. The summed E-state index contributed by atoms with van der Waals surface area (Å²) in [5.74, 6) is 1.00. The van der Waals surface area contributed by atoms with Crippen LogP contribution in [0.25, 0.3) is 22.6 Å². The quantitative estimate of drug-likeness (QED) is 0.350. The fraction of sp³-hybridized carbons (Fsp3) is 0.400. The number of benzene rings is 2. The molecule has 0 fully saturated rings. The molecule has 3 aromatic rings. The first kappa shape index (κ1) is 20.2. The van der Waals surface area contributed by atoms with Gasteiger partial charge in [0, 0.05) is 11.3 Å². The predicted molar refractivity (Wildman–Crippen MR) is 117 cm³/mol. The van der Waals surface area contributed by atoms with E-state index in [9.17, 15) is 5.11 Å². The minimum absolute atomic E-state index is 0.259. The van der Waals surface area contributed by atoms with Crippen LogP contribution in [0.2, 0.25) is 0 Å². The van der Waals surface area contributed by atoms with Crippen LogP contribution in [0.3, 0.4) is 0 Å². The van der Waals surface area contributed by atoms with Gasteiger partial charge in [-0.3, -0.25) is 0 Å². The van der Waals surface area contributed by atoms with Crippen molar-refractivity contribution in [1.29, 1.82) is 0 Å². The van der Waals surface area contributed by atoms with Gasteiger partial charge >= 0.3 is 0 Å². The van der Waals surface area contributed by atoms with Gasteiger partial charge < -0.3 is 10.1 Å². The molecule has 0 spiro atoms. The average Bonchev–Trinajstić information content (AvgIpc) is 3.15. The Morgan fingerprint density at radius 1 is 0.786 bits per heavy atom. The second-order valence-corrected chi connectivity index (χ2v) is 7.52. The van der Waals surface area contributed by atoms with E-state index in [0.29, 0.717) is 0 Å². The number of H-pyrrole nitrogens is 1. The Bertz CT molecular complexity index is 839. The average molecular weight is 377 g/mol. The summed E-state index contributed by atoms with van der Waals surface area (Å²) in [6.07, 6.45) is 11.5. The van der Waals surface area contributed by atoms with E-state index in [2.05, 4.69) is 24.0 Å². The normalized spacial score (nSPS) is 11.0. The number of nitrogens with one attached hydrogen (secondary N) is 1. The monoisotopic (exact) mass is 376 g/mol. The zero-order chi connectivity index (χ0) is 19.6. The minimum atomic E-state index is 0.259. The molecule has 0 unspecified atom stereocenters. The van der Waals surface area contributed by atoms with Gasteiger partial charge in [0.1, 0.15) is 11.6 Å². The Kier molecular flexibility index (Phi) is 7.71. The molecular weight excluding hydrogens is 344 g/mol.